The molecule has 0 aliphatic carbocycles. The number of nitrogen functional groups attached to an aromatic ring is 1. The molecule has 120 valence electrons. The maximum absolute atomic E-state index is 13.2. The molecule has 0 radical (unpaired) electrons. The molecule has 1 aromatic heterocycles. The maximum atomic E-state index is 13.2. The van der Waals surface area contributed by atoms with E-state index < -0.39 is 26.1 Å². The summed E-state index contributed by atoms with van der Waals surface area (Å²) >= 11 is 0.532. The van der Waals surface area contributed by atoms with Crippen LogP contribution in [0.15, 0.2) is 33.1 Å². The summed E-state index contributed by atoms with van der Waals surface area (Å²) in [5.74, 6) is 4.71. The number of sulfone groups is 1. The van der Waals surface area contributed by atoms with Crippen molar-refractivity contribution in [3.63, 3.8) is 0 Å². The van der Waals surface area contributed by atoms with E-state index in [0.29, 0.717) is 17.8 Å². The van der Waals surface area contributed by atoms with E-state index in [2.05, 4.69) is 10.2 Å². The Morgan fingerprint density at radius 1 is 1.27 bits per heavy atom. The average molecular weight is 356 g/mol. The van der Waals surface area contributed by atoms with Crippen molar-refractivity contribution >= 4 is 21.6 Å². The number of hydrogen-bond donors (Lipinski definition) is 1. The van der Waals surface area contributed by atoms with Crippen molar-refractivity contribution in [3.8, 4) is 0 Å². The Balaban J connectivity index is 2.57. The quantitative estimate of drug-likeness (QED) is 0.667. The Hall–Kier alpha value is -1.82. The highest BCUT2D eigenvalue weighted by Crippen LogP contribution is 2.38. The highest BCUT2D eigenvalue weighted by Gasteiger charge is 2.48. The molecule has 0 spiro atoms. The van der Waals surface area contributed by atoms with Gasteiger partial charge >= 0.3 is 5.51 Å². The molecular formula is C10H8F4N4O2S2. The molecule has 0 unspecified atom stereocenters. The molecule has 2 aromatic rings. The van der Waals surface area contributed by atoms with Crippen molar-refractivity contribution in [2.45, 2.75) is 27.4 Å². The summed E-state index contributed by atoms with van der Waals surface area (Å²) in [6, 6.07) is 2.04. The molecule has 22 heavy (non-hydrogen) atoms. The summed E-state index contributed by atoms with van der Waals surface area (Å²) in [7, 11) is -5.71. The smallest absolute Gasteiger partial charge is 0.336 e. The van der Waals surface area contributed by atoms with Gasteiger partial charge in [0, 0.05) is 4.90 Å². The minimum absolute atomic E-state index is 0.0391. The number of hydrogen-bond acceptors (Lipinski definition) is 6. The lowest BCUT2D eigenvalue weighted by Gasteiger charge is -2.12. The Labute approximate surface area is 126 Å². The summed E-state index contributed by atoms with van der Waals surface area (Å²) in [5, 5.41) is 7.15. The van der Waals surface area contributed by atoms with Crippen LogP contribution in [0.5, 0.6) is 0 Å². The molecule has 1 aromatic carbocycles. The predicted molar refractivity (Wildman–Crippen MR) is 68.7 cm³/mol. The molecule has 0 amide bonds. The largest absolute Gasteiger partial charge is 0.501 e. The first-order chi connectivity index (χ1) is 10.0. The SMILES string of the molecule is Cc1nnc(Sc2ccc(F)cc2S(=O)(=O)C(F)(F)F)n1N. The van der Waals surface area contributed by atoms with Crippen LogP contribution in [0.25, 0.3) is 0 Å². The second kappa shape index (κ2) is 5.43. The third-order valence-corrected chi connectivity index (χ3v) is 5.23. The number of nitrogens with two attached hydrogens (primary N) is 1. The van der Waals surface area contributed by atoms with Gasteiger partial charge in [0.2, 0.25) is 5.16 Å². The summed E-state index contributed by atoms with van der Waals surface area (Å²) in [6.07, 6.45) is 0. The summed E-state index contributed by atoms with van der Waals surface area (Å²) in [6.45, 7) is 1.50. The Morgan fingerprint density at radius 2 is 1.91 bits per heavy atom. The summed E-state index contributed by atoms with van der Waals surface area (Å²) in [4.78, 5) is -1.57. The van der Waals surface area contributed by atoms with Crippen LogP contribution in [0.2, 0.25) is 0 Å². The van der Waals surface area contributed by atoms with Crippen molar-refractivity contribution in [3.05, 3.63) is 29.8 Å². The van der Waals surface area contributed by atoms with E-state index in [9.17, 15) is 26.0 Å². The number of aromatic nitrogens is 3. The van der Waals surface area contributed by atoms with Gasteiger partial charge in [0.1, 0.15) is 11.6 Å². The van der Waals surface area contributed by atoms with Crippen LogP contribution >= 0.6 is 11.8 Å². The molecule has 0 atom stereocenters. The molecule has 2 rings (SSSR count). The Kier molecular flexibility index (Phi) is 4.08. The first kappa shape index (κ1) is 16.5. The number of rotatable bonds is 3. The third-order valence-electron chi connectivity index (χ3n) is 2.54. The van der Waals surface area contributed by atoms with E-state index >= 15 is 0 Å². The first-order valence-electron chi connectivity index (χ1n) is 5.50. The Bertz CT molecular complexity index is 817. The predicted octanol–water partition coefficient (Wildman–Crippen LogP) is 1.88. The van der Waals surface area contributed by atoms with Gasteiger partial charge in [-0.05, 0) is 36.9 Å². The minimum atomic E-state index is -5.71. The van der Waals surface area contributed by atoms with Crippen molar-refractivity contribution in [1.82, 2.24) is 14.9 Å². The van der Waals surface area contributed by atoms with Crippen molar-refractivity contribution < 1.29 is 26.0 Å². The summed E-state index contributed by atoms with van der Waals surface area (Å²) in [5.41, 5.74) is -5.55. The van der Waals surface area contributed by atoms with Gasteiger partial charge in [0.15, 0.2) is 0 Å². The molecular weight excluding hydrogens is 348 g/mol. The zero-order valence-corrected chi connectivity index (χ0v) is 12.4. The van der Waals surface area contributed by atoms with Gasteiger partial charge in [-0.25, -0.2) is 17.5 Å². The van der Waals surface area contributed by atoms with Crippen molar-refractivity contribution in [2.24, 2.45) is 0 Å². The van der Waals surface area contributed by atoms with Crippen LogP contribution in [-0.4, -0.2) is 28.8 Å². The van der Waals surface area contributed by atoms with Gasteiger partial charge in [-0.15, -0.1) is 10.2 Å². The molecule has 2 N–H and O–H groups in total. The van der Waals surface area contributed by atoms with Crippen LogP contribution in [0.1, 0.15) is 5.82 Å². The monoisotopic (exact) mass is 356 g/mol. The van der Waals surface area contributed by atoms with E-state index in [4.69, 9.17) is 5.84 Å². The minimum Gasteiger partial charge on any atom is -0.336 e. The number of halogens is 4. The van der Waals surface area contributed by atoms with Crippen LogP contribution in [0.4, 0.5) is 17.6 Å². The molecule has 0 saturated carbocycles. The second-order valence-corrected chi connectivity index (χ2v) is 6.96. The number of nitrogens with zero attached hydrogens (tertiary/aromatic N) is 3. The van der Waals surface area contributed by atoms with E-state index in [-0.39, 0.29) is 15.9 Å². The molecule has 0 fully saturated rings. The number of alkyl halides is 3. The van der Waals surface area contributed by atoms with E-state index in [1.165, 1.54) is 6.92 Å². The van der Waals surface area contributed by atoms with Gasteiger partial charge in [-0.2, -0.15) is 13.2 Å². The lowest BCUT2D eigenvalue weighted by atomic mass is 10.3. The average Bonchev–Trinajstić information content (AvgIpc) is 2.71. The molecule has 0 saturated heterocycles. The van der Waals surface area contributed by atoms with Gasteiger partial charge in [0.05, 0.1) is 4.90 Å². The molecule has 0 aliphatic heterocycles. The fourth-order valence-corrected chi connectivity index (χ4v) is 3.53. The van der Waals surface area contributed by atoms with Crippen LogP contribution in [0, 0.1) is 12.7 Å². The highest BCUT2D eigenvalue weighted by atomic mass is 32.2. The standard InChI is InChI=1S/C10H8F4N4O2S2/c1-5-16-17-9(18(5)15)21-7-3-2-6(11)4-8(7)22(19,20)10(12,13)14/h2-4H,15H2,1H3. The second-order valence-electron chi connectivity index (χ2n) is 4.04. The molecule has 1 heterocycles. The topological polar surface area (TPSA) is 90.9 Å². The zero-order valence-electron chi connectivity index (χ0n) is 10.8. The first-order valence-corrected chi connectivity index (χ1v) is 7.80. The number of aryl methyl sites for hydroxylation is 1. The van der Waals surface area contributed by atoms with Gasteiger partial charge in [-0.3, -0.25) is 0 Å². The zero-order chi connectivity index (χ0) is 16.7. The molecule has 0 bridgehead atoms. The number of benzene rings is 1. The molecule has 12 heteroatoms. The normalized spacial score (nSPS) is 12.6. The fourth-order valence-electron chi connectivity index (χ4n) is 1.42. The van der Waals surface area contributed by atoms with Crippen molar-refractivity contribution in [2.75, 3.05) is 5.84 Å². The fraction of sp³-hybridized carbons (Fsp3) is 0.200. The van der Waals surface area contributed by atoms with Crippen LogP contribution in [-0.2, 0) is 9.84 Å². The summed E-state index contributed by atoms with van der Waals surface area (Å²) < 4.78 is 75.2. The molecule has 6 nitrogen and oxygen atoms in total. The lowest BCUT2D eigenvalue weighted by Crippen LogP contribution is -2.24. The third kappa shape index (κ3) is 2.88. The van der Waals surface area contributed by atoms with E-state index in [1.807, 2.05) is 0 Å². The maximum Gasteiger partial charge on any atom is 0.501 e. The Morgan fingerprint density at radius 3 is 2.41 bits per heavy atom. The van der Waals surface area contributed by atoms with E-state index in [1.54, 1.807) is 0 Å². The van der Waals surface area contributed by atoms with Crippen LogP contribution in [0.3, 0.4) is 0 Å². The van der Waals surface area contributed by atoms with Crippen LogP contribution < -0.4 is 5.84 Å². The molecule has 0 aliphatic rings. The van der Waals surface area contributed by atoms with Gasteiger partial charge in [0.25, 0.3) is 9.84 Å². The highest BCUT2D eigenvalue weighted by molar-refractivity contribution is 8.00. The van der Waals surface area contributed by atoms with Gasteiger partial charge < -0.3 is 5.84 Å². The van der Waals surface area contributed by atoms with E-state index in [0.717, 1.165) is 16.8 Å². The van der Waals surface area contributed by atoms with Gasteiger partial charge in [-0.1, -0.05) is 0 Å². The van der Waals surface area contributed by atoms with Crippen molar-refractivity contribution in [1.29, 1.82) is 0 Å². The lowest BCUT2D eigenvalue weighted by molar-refractivity contribution is -0.0437.